The molecule has 0 aromatic carbocycles. The molecule has 0 bridgehead atoms. The molecule has 0 saturated heterocycles. The van der Waals surface area contributed by atoms with E-state index in [1.807, 2.05) is 0 Å². The predicted molar refractivity (Wildman–Crippen MR) is 79.7 cm³/mol. The fourth-order valence-corrected chi connectivity index (χ4v) is 2.81. The zero-order chi connectivity index (χ0) is 13.1. The van der Waals surface area contributed by atoms with E-state index >= 15 is 0 Å². The number of rotatable bonds is 5. The molecule has 2 heterocycles. The molecule has 98 valence electrons. The van der Waals surface area contributed by atoms with Crippen LogP contribution in [0.4, 0.5) is 11.8 Å². The van der Waals surface area contributed by atoms with Gasteiger partial charge in [0.15, 0.2) is 0 Å². The summed E-state index contributed by atoms with van der Waals surface area (Å²) in [5.41, 5.74) is 0. The van der Waals surface area contributed by atoms with Crippen molar-refractivity contribution in [3.63, 3.8) is 0 Å². The lowest BCUT2D eigenvalue weighted by Gasteiger charge is -2.27. The van der Waals surface area contributed by atoms with Crippen LogP contribution in [0.25, 0.3) is 10.2 Å². The molecule has 4 nitrogen and oxygen atoms in total. The Labute approximate surface area is 112 Å². The zero-order valence-corrected chi connectivity index (χ0v) is 12.2. The molecule has 0 aliphatic heterocycles. The van der Waals surface area contributed by atoms with E-state index in [1.165, 1.54) is 0 Å². The summed E-state index contributed by atoms with van der Waals surface area (Å²) in [6, 6.07) is 2.54. The fraction of sp³-hybridized carbons (Fsp3) is 0.538. The molecule has 0 saturated carbocycles. The van der Waals surface area contributed by atoms with Crippen LogP contribution < -0.4 is 10.2 Å². The van der Waals surface area contributed by atoms with Crippen LogP contribution in [0.2, 0.25) is 0 Å². The first kappa shape index (κ1) is 13.1. The van der Waals surface area contributed by atoms with Gasteiger partial charge in [-0.05, 0) is 39.1 Å². The van der Waals surface area contributed by atoms with E-state index in [2.05, 4.69) is 59.3 Å². The molecule has 0 aliphatic carbocycles. The Morgan fingerprint density at radius 2 is 2.11 bits per heavy atom. The largest absolute Gasteiger partial charge is 0.354 e. The maximum Gasteiger partial charge on any atom is 0.226 e. The Balaban J connectivity index is 2.55. The van der Waals surface area contributed by atoms with Crippen molar-refractivity contribution in [1.29, 1.82) is 0 Å². The lowest BCUT2D eigenvalue weighted by atomic mass is 10.2. The summed E-state index contributed by atoms with van der Waals surface area (Å²) < 4.78 is 0. The first-order chi connectivity index (χ1) is 8.67. The molecule has 0 spiro atoms. The minimum atomic E-state index is 0.433. The third kappa shape index (κ3) is 2.41. The molecule has 0 unspecified atom stereocenters. The van der Waals surface area contributed by atoms with E-state index in [-0.39, 0.29) is 0 Å². The molecule has 0 amide bonds. The summed E-state index contributed by atoms with van der Waals surface area (Å²) in [6.07, 6.45) is 0. The summed E-state index contributed by atoms with van der Waals surface area (Å²) in [5, 5.41) is 6.43. The monoisotopic (exact) mass is 264 g/mol. The summed E-state index contributed by atoms with van der Waals surface area (Å²) in [4.78, 5) is 12.6. The van der Waals surface area contributed by atoms with E-state index < -0.39 is 0 Å². The van der Waals surface area contributed by atoms with E-state index in [0.29, 0.717) is 6.04 Å². The van der Waals surface area contributed by atoms with Crippen molar-refractivity contribution < 1.29 is 0 Å². The van der Waals surface area contributed by atoms with Gasteiger partial charge in [0.2, 0.25) is 5.95 Å². The number of anilines is 2. The van der Waals surface area contributed by atoms with Gasteiger partial charge in [0.25, 0.3) is 0 Å². The van der Waals surface area contributed by atoms with Crippen LogP contribution in [0.5, 0.6) is 0 Å². The van der Waals surface area contributed by atoms with Crippen molar-refractivity contribution in [2.75, 3.05) is 23.3 Å². The molecule has 2 aromatic rings. The van der Waals surface area contributed by atoms with E-state index in [4.69, 9.17) is 0 Å². The van der Waals surface area contributed by atoms with Crippen LogP contribution in [0.1, 0.15) is 27.7 Å². The standard InChI is InChI=1S/C13H20N4S/c1-5-14-13-15-11(17(6-2)9(3)4)10-7-8-18-12(10)16-13/h7-9H,5-6H2,1-4H3,(H,14,15,16). The quantitative estimate of drug-likeness (QED) is 0.899. The molecule has 5 heteroatoms. The topological polar surface area (TPSA) is 41.1 Å². The summed E-state index contributed by atoms with van der Waals surface area (Å²) in [7, 11) is 0. The van der Waals surface area contributed by atoms with Gasteiger partial charge in [-0.25, -0.2) is 4.98 Å². The summed E-state index contributed by atoms with van der Waals surface area (Å²) in [5.74, 6) is 1.76. The number of fused-ring (bicyclic) bond motifs is 1. The molecular formula is C13H20N4S. The second-order valence-corrected chi connectivity index (χ2v) is 5.31. The minimum Gasteiger partial charge on any atom is -0.354 e. The molecule has 0 fully saturated rings. The first-order valence-electron chi connectivity index (χ1n) is 6.43. The van der Waals surface area contributed by atoms with E-state index in [0.717, 1.165) is 35.1 Å². The number of thiophene rings is 1. The van der Waals surface area contributed by atoms with Crippen molar-refractivity contribution >= 4 is 33.3 Å². The number of hydrogen-bond donors (Lipinski definition) is 1. The van der Waals surface area contributed by atoms with Crippen LogP contribution >= 0.6 is 11.3 Å². The molecule has 1 N–H and O–H groups in total. The molecule has 0 aliphatic rings. The van der Waals surface area contributed by atoms with Crippen molar-refractivity contribution in [2.24, 2.45) is 0 Å². The third-order valence-electron chi connectivity index (χ3n) is 2.88. The van der Waals surface area contributed by atoms with Gasteiger partial charge in [-0.2, -0.15) is 4.98 Å². The van der Waals surface area contributed by atoms with Crippen LogP contribution in [0, 0.1) is 0 Å². The highest BCUT2D eigenvalue weighted by atomic mass is 32.1. The van der Waals surface area contributed by atoms with E-state index in [9.17, 15) is 0 Å². The molecule has 2 rings (SSSR count). The average molecular weight is 264 g/mol. The van der Waals surface area contributed by atoms with Gasteiger partial charge >= 0.3 is 0 Å². The Morgan fingerprint density at radius 1 is 1.33 bits per heavy atom. The second kappa shape index (κ2) is 5.52. The highest BCUT2D eigenvalue weighted by Gasteiger charge is 2.16. The Morgan fingerprint density at radius 3 is 2.72 bits per heavy atom. The molecule has 0 atom stereocenters. The lowest BCUT2D eigenvalue weighted by molar-refractivity contribution is 0.696. The number of aromatic nitrogens is 2. The SMILES string of the molecule is CCNc1nc(N(CC)C(C)C)c2ccsc2n1. The van der Waals surface area contributed by atoms with E-state index in [1.54, 1.807) is 11.3 Å². The number of nitrogens with one attached hydrogen (secondary N) is 1. The highest BCUT2D eigenvalue weighted by Crippen LogP contribution is 2.29. The van der Waals surface area contributed by atoms with Gasteiger partial charge in [-0.3, -0.25) is 0 Å². The van der Waals surface area contributed by atoms with Crippen molar-refractivity contribution in [2.45, 2.75) is 33.7 Å². The van der Waals surface area contributed by atoms with Crippen LogP contribution in [0.15, 0.2) is 11.4 Å². The average Bonchev–Trinajstić information content (AvgIpc) is 2.78. The van der Waals surface area contributed by atoms with Gasteiger partial charge in [0.1, 0.15) is 10.6 Å². The lowest BCUT2D eigenvalue weighted by Crippen LogP contribution is -2.31. The smallest absolute Gasteiger partial charge is 0.226 e. The third-order valence-corrected chi connectivity index (χ3v) is 3.68. The first-order valence-corrected chi connectivity index (χ1v) is 7.31. The Kier molecular flexibility index (Phi) is 4.01. The Hall–Kier alpha value is -1.36. The molecular weight excluding hydrogens is 244 g/mol. The molecule has 0 radical (unpaired) electrons. The Bertz CT molecular complexity index is 521. The maximum absolute atomic E-state index is 4.67. The fourth-order valence-electron chi connectivity index (χ4n) is 2.06. The van der Waals surface area contributed by atoms with Crippen molar-refractivity contribution in [3.05, 3.63) is 11.4 Å². The number of hydrogen-bond acceptors (Lipinski definition) is 5. The van der Waals surface area contributed by atoms with Gasteiger partial charge in [0, 0.05) is 19.1 Å². The van der Waals surface area contributed by atoms with Crippen LogP contribution in [-0.4, -0.2) is 29.1 Å². The summed E-state index contributed by atoms with van der Waals surface area (Å²) in [6.45, 7) is 10.4. The van der Waals surface area contributed by atoms with Gasteiger partial charge < -0.3 is 10.2 Å². The van der Waals surface area contributed by atoms with Gasteiger partial charge in [0.05, 0.1) is 5.39 Å². The van der Waals surface area contributed by atoms with Crippen LogP contribution in [0.3, 0.4) is 0 Å². The van der Waals surface area contributed by atoms with Gasteiger partial charge in [-0.1, -0.05) is 0 Å². The van der Waals surface area contributed by atoms with Gasteiger partial charge in [-0.15, -0.1) is 11.3 Å². The predicted octanol–water partition coefficient (Wildman–Crippen LogP) is 3.36. The zero-order valence-electron chi connectivity index (χ0n) is 11.4. The van der Waals surface area contributed by atoms with Crippen molar-refractivity contribution in [3.8, 4) is 0 Å². The van der Waals surface area contributed by atoms with Crippen molar-refractivity contribution in [1.82, 2.24) is 9.97 Å². The molecule has 2 aromatic heterocycles. The summed E-state index contributed by atoms with van der Waals surface area (Å²) >= 11 is 1.66. The minimum absolute atomic E-state index is 0.433. The highest BCUT2D eigenvalue weighted by molar-refractivity contribution is 7.16. The van der Waals surface area contributed by atoms with Crippen LogP contribution in [-0.2, 0) is 0 Å². The second-order valence-electron chi connectivity index (χ2n) is 4.42. The number of nitrogens with zero attached hydrogens (tertiary/aromatic N) is 3. The normalized spacial score (nSPS) is 11.2. The molecule has 18 heavy (non-hydrogen) atoms. The maximum atomic E-state index is 4.67.